The van der Waals surface area contributed by atoms with Crippen molar-refractivity contribution in [2.45, 2.75) is 45.2 Å². The molecule has 0 saturated heterocycles. The summed E-state index contributed by atoms with van der Waals surface area (Å²) in [6.07, 6.45) is 5.05. The molecule has 0 aromatic carbocycles. The van der Waals surface area contributed by atoms with Crippen LogP contribution in [0.25, 0.3) is 0 Å². The summed E-state index contributed by atoms with van der Waals surface area (Å²) in [7, 11) is 0. The van der Waals surface area contributed by atoms with Gasteiger partial charge in [-0.1, -0.05) is 6.92 Å². The van der Waals surface area contributed by atoms with Crippen molar-refractivity contribution in [1.29, 1.82) is 0 Å². The topological polar surface area (TPSA) is 12.0 Å². The minimum Gasteiger partial charge on any atom is -0.305 e. The van der Waals surface area contributed by atoms with Gasteiger partial charge in [0.2, 0.25) is 0 Å². The zero-order valence-corrected chi connectivity index (χ0v) is 12.4. The Morgan fingerprint density at radius 3 is 3.00 bits per heavy atom. The molecule has 1 atom stereocenters. The first-order valence-corrected chi connectivity index (χ1v) is 8.43. The van der Waals surface area contributed by atoms with Crippen LogP contribution in [0.1, 0.15) is 46.0 Å². The molecule has 1 aliphatic carbocycles. The molecule has 0 spiro atoms. The van der Waals surface area contributed by atoms with Crippen LogP contribution in [-0.2, 0) is 19.4 Å². The summed E-state index contributed by atoms with van der Waals surface area (Å²) >= 11 is 3.87. The fourth-order valence-electron chi connectivity index (χ4n) is 2.63. The highest BCUT2D eigenvalue weighted by atomic mass is 32.1. The molecule has 0 fully saturated rings. The lowest BCUT2D eigenvalue weighted by Crippen LogP contribution is -2.23. The maximum absolute atomic E-state index is 3.73. The second-order valence-corrected chi connectivity index (χ2v) is 7.10. The molecule has 0 aliphatic heterocycles. The summed E-state index contributed by atoms with van der Waals surface area (Å²) in [5.41, 5.74) is 1.55. The zero-order chi connectivity index (χ0) is 12.4. The second kappa shape index (κ2) is 5.55. The van der Waals surface area contributed by atoms with Gasteiger partial charge in [0.1, 0.15) is 0 Å². The molecule has 1 unspecified atom stereocenters. The second-order valence-electron chi connectivity index (χ2n) is 4.85. The standard InChI is InChI=1S/C15H19NS2/c1-2-11-6-7-12(18-11)10-16-14-4-3-5-15-13(14)8-9-17-15/h6-9,14,16H,2-5,10H2,1H3. The fourth-order valence-corrected chi connectivity index (χ4v) is 4.53. The lowest BCUT2D eigenvalue weighted by Gasteiger charge is -2.23. The maximum atomic E-state index is 3.73. The van der Waals surface area contributed by atoms with E-state index in [2.05, 4.69) is 35.8 Å². The zero-order valence-electron chi connectivity index (χ0n) is 10.7. The van der Waals surface area contributed by atoms with Gasteiger partial charge in [-0.3, -0.25) is 0 Å². The third kappa shape index (κ3) is 2.53. The Kier molecular flexibility index (Phi) is 3.83. The van der Waals surface area contributed by atoms with Gasteiger partial charge in [0, 0.05) is 27.2 Å². The van der Waals surface area contributed by atoms with Crippen LogP contribution in [0, 0.1) is 0 Å². The highest BCUT2D eigenvalue weighted by Gasteiger charge is 2.20. The van der Waals surface area contributed by atoms with Crippen LogP contribution in [-0.4, -0.2) is 0 Å². The quantitative estimate of drug-likeness (QED) is 0.865. The normalized spacial score (nSPS) is 18.8. The van der Waals surface area contributed by atoms with Gasteiger partial charge in [-0.05, 0) is 54.8 Å². The van der Waals surface area contributed by atoms with E-state index in [4.69, 9.17) is 0 Å². The average Bonchev–Trinajstić information content (AvgIpc) is 3.05. The Morgan fingerprint density at radius 1 is 1.28 bits per heavy atom. The van der Waals surface area contributed by atoms with E-state index in [1.54, 1.807) is 10.4 Å². The predicted octanol–water partition coefficient (Wildman–Crippen LogP) is 4.54. The molecule has 2 aromatic heterocycles. The highest BCUT2D eigenvalue weighted by molar-refractivity contribution is 7.12. The molecule has 96 valence electrons. The van der Waals surface area contributed by atoms with E-state index in [9.17, 15) is 0 Å². The van der Waals surface area contributed by atoms with Crippen LogP contribution in [0.2, 0.25) is 0 Å². The lowest BCUT2D eigenvalue weighted by atomic mass is 9.94. The van der Waals surface area contributed by atoms with Crippen LogP contribution in [0.4, 0.5) is 0 Å². The molecule has 1 N–H and O–H groups in total. The Labute approximate surface area is 117 Å². The van der Waals surface area contributed by atoms with E-state index in [1.807, 2.05) is 22.7 Å². The number of rotatable bonds is 4. The van der Waals surface area contributed by atoms with Crippen molar-refractivity contribution in [3.05, 3.63) is 43.8 Å². The molecule has 18 heavy (non-hydrogen) atoms. The summed E-state index contributed by atoms with van der Waals surface area (Å²) < 4.78 is 0. The van der Waals surface area contributed by atoms with Crippen LogP contribution in [0.5, 0.6) is 0 Å². The summed E-state index contributed by atoms with van der Waals surface area (Å²) in [5, 5.41) is 5.98. The molecule has 2 heterocycles. The Morgan fingerprint density at radius 2 is 2.17 bits per heavy atom. The van der Waals surface area contributed by atoms with Gasteiger partial charge in [-0.25, -0.2) is 0 Å². The summed E-state index contributed by atoms with van der Waals surface area (Å²) in [6, 6.07) is 7.42. The highest BCUT2D eigenvalue weighted by Crippen LogP contribution is 2.33. The van der Waals surface area contributed by atoms with Gasteiger partial charge >= 0.3 is 0 Å². The smallest absolute Gasteiger partial charge is 0.0334 e. The lowest BCUT2D eigenvalue weighted by molar-refractivity contribution is 0.465. The van der Waals surface area contributed by atoms with E-state index >= 15 is 0 Å². The van der Waals surface area contributed by atoms with Crippen molar-refractivity contribution in [2.75, 3.05) is 0 Å². The van der Waals surface area contributed by atoms with Gasteiger partial charge in [-0.2, -0.15) is 0 Å². The third-order valence-electron chi connectivity index (χ3n) is 3.64. The van der Waals surface area contributed by atoms with E-state index in [1.165, 1.54) is 29.0 Å². The number of hydrogen-bond donors (Lipinski definition) is 1. The van der Waals surface area contributed by atoms with Gasteiger partial charge in [0.05, 0.1) is 0 Å². The van der Waals surface area contributed by atoms with Gasteiger partial charge < -0.3 is 5.32 Å². The third-order valence-corrected chi connectivity index (χ3v) is 5.87. The fraction of sp³-hybridized carbons (Fsp3) is 0.467. The summed E-state index contributed by atoms with van der Waals surface area (Å²) in [5.74, 6) is 0. The van der Waals surface area contributed by atoms with Crippen molar-refractivity contribution in [3.8, 4) is 0 Å². The van der Waals surface area contributed by atoms with E-state index in [0.29, 0.717) is 6.04 Å². The molecule has 0 saturated carbocycles. The first kappa shape index (κ1) is 12.4. The summed E-state index contributed by atoms with van der Waals surface area (Å²) in [4.78, 5) is 4.56. The average molecular weight is 277 g/mol. The van der Waals surface area contributed by atoms with Crippen molar-refractivity contribution in [1.82, 2.24) is 5.32 Å². The first-order valence-electron chi connectivity index (χ1n) is 6.74. The van der Waals surface area contributed by atoms with Crippen LogP contribution >= 0.6 is 22.7 Å². The van der Waals surface area contributed by atoms with Crippen LogP contribution in [0.3, 0.4) is 0 Å². The first-order chi connectivity index (χ1) is 8.86. The van der Waals surface area contributed by atoms with Crippen LogP contribution in [0.15, 0.2) is 23.6 Å². The Hall–Kier alpha value is -0.640. The number of fused-ring (bicyclic) bond motifs is 1. The van der Waals surface area contributed by atoms with E-state index < -0.39 is 0 Å². The molecule has 3 rings (SSSR count). The molecule has 0 amide bonds. The molecule has 1 nitrogen and oxygen atoms in total. The van der Waals surface area contributed by atoms with Gasteiger partial charge in [-0.15, -0.1) is 22.7 Å². The summed E-state index contributed by atoms with van der Waals surface area (Å²) in [6.45, 7) is 3.24. The number of aryl methyl sites for hydroxylation is 2. The SMILES string of the molecule is CCc1ccc(CNC2CCCc3sccc32)s1. The maximum Gasteiger partial charge on any atom is 0.0334 e. The predicted molar refractivity (Wildman–Crippen MR) is 80.5 cm³/mol. The van der Waals surface area contributed by atoms with Crippen molar-refractivity contribution < 1.29 is 0 Å². The minimum absolute atomic E-state index is 0.576. The van der Waals surface area contributed by atoms with Crippen molar-refractivity contribution in [3.63, 3.8) is 0 Å². The Bertz CT molecular complexity index is 512. The minimum atomic E-state index is 0.576. The molecule has 2 aromatic rings. The number of thiophene rings is 2. The molecular formula is C15H19NS2. The van der Waals surface area contributed by atoms with Crippen molar-refractivity contribution in [2.24, 2.45) is 0 Å². The molecular weight excluding hydrogens is 258 g/mol. The van der Waals surface area contributed by atoms with E-state index in [-0.39, 0.29) is 0 Å². The van der Waals surface area contributed by atoms with Crippen molar-refractivity contribution >= 4 is 22.7 Å². The molecule has 1 aliphatic rings. The number of hydrogen-bond acceptors (Lipinski definition) is 3. The van der Waals surface area contributed by atoms with Gasteiger partial charge in [0.25, 0.3) is 0 Å². The molecule has 0 bridgehead atoms. The van der Waals surface area contributed by atoms with Crippen LogP contribution < -0.4 is 5.32 Å². The molecule has 0 radical (unpaired) electrons. The van der Waals surface area contributed by atoms with E-state index in [0.717, 1.165) is 13.0 Å². The number of nitrogens with one attached hydrogen (secondary N) is 1. The molecule has 3 heteroatoms. The monoisotopic (exact) mass is 277 g/mol. The van der Waals surface area contributed by atoms with Gasteiger partial charge in [0.15, 0.2) is 0 Å². The largest absolute Gasteiger partial charge is 0.305 e. The Balaban J connectivity index is 1.64.